The molecule has 1 N–H and O–H groups in total. The van der Waals surface area contributed by atoms with Gasteiger partial charge in [-0.05, 0) is 43.7 Å². The largest absolute Gasteiger partial charge is 0.387 e. The van der Waals surface area contributed by atoms with Crippen LogP contribution in [0.4, 0.5) is 0 Å². The smallest absolute Gasteiger partial charge is 0.137 e. The lowest BCUT2D eigenvalue weighted by atomic mass is 10.1. The highest BCUT2D eigenvalue weighted by molar-refractivity contribution is 6.31. The number of pyridine rings is 1. The Balaban J connectivity index is 2.30. The fourth-order valence-electron chi connectivity index (χ4n) is 2.44. The van der Waals surface area contributed by atoms with Gasteiger partial charge in [-0.15, -0.1) is 0 Å². The Morgan fingerprint density at radius 2 is 1.95 bits per heavy atom. The molecule has 0 saturated carbocycles. The van der Waals surface area contributed by atoms with Gasteiger partial charge in [-0.1, -0.05) is 29.3 Å². The van der Waals surface area contributed by atoms with Crippen LogP contribution in [-0.2, 0) is 0 Å². The number of imidazole rings is 1. The van der Waals surface area contributed by atoms with E-state index in [0.29, 0.717) is 15.7 Å². The minimum atomic E-state index is -0.663. The van der Waals surface area contributed by atoms with E-state index in [4.69, 9.17) is 23.2 Å². The Morgan fingerprint density at radius 1 is 1.19 bits per heavy atom. The summed E-state index contributed by atoms with van der Waals surface area (Å²) in [5.74, 6) is 0. The Hall–Kier alpha value is -1.55. The van der Waals surface area contributed by atoms with E-state index in [2.05, 4.69) is 4.98 Å². The molecule has 0 radical (unpaired) electrons. The summed E-state index contributed by atoms with van der Waals surface area (Å²) in [7, 11) is 0. The zero-order chi connectivity index (χ0) is 15.1. The molecule has 1 aromatic carbocycles. The van der Waals surface area contributed by atoms with Gasteiger partial charge in [0.2, 0.25) is 0 Å². The Labute approximate surface area is 132 Å². The molecule has 0 aliphatic carbocycles. The summed E-state index contributed by atoms with van der Waals surface area (Å²) in [6.45, 7) is 3.66. The molecule has 3 nitrogen and oxygen atoms in total. The number of aliphatic hydroxyl groups is 1. The number of aryl methyl sites for hydroxylation is 1. The van der Waals surface area contributed by atoms with Gasteiger partial charge in [0.1, 0.15) is 5.65 Å². The number of hydrogen-bond donors (Lipinski definition) is 1. The van der Waals surface area contributed by atoms with Crippen molar-refractivity contribution in [3.8, 4) is 11.3 Å². The van der Waals surface area contributed by atoms with Crippen molar-refractivity contribution in [2.24, 2.45) is 0 Å². The molecule has 2 heterocycles. The van der Waals surface area contributed by atoms with Crippen LogP contribution in [0.1, 0.15) is 24.3 Å². The minimum absolute atomic E-state index is 0.598. The first-order valence-corrected chi connectivity index (χ1v) is 7.35. The first kappa shape index (κ1) is 14.4. The van der Waals surface area contributed by atoms with Gasteiger partial charge in [0.25, 0.3) is 0 Å². The van der Waals surface area contributed by atoms with E-state index < -0.39 is 6.10 Å². The third-order valence-electron chi connectivity index (χ3n) is 3.45. The van der Waals surface area contributed by atoms with Crippen LogP contribution < -0.4 is 0 Å². The van der Waals surface area contributed by atoms with Crippen molar-refractivity contribution in [2.75, 3.05) is 0 Å². The van der Waals surface area contributed by atoms with Crippen molar-refractivity contribution >= 4 is 28.8 Å². The molecule has 0 spiro atoms. The van der Waals surface area contributed by atoms with Crippen molar-refractivity contribution < 1.29 is 5.11 Å². The van der Waals surface area contributed by atoms with Gasteiger partial charge in [0.05, 0.1) is 22.5 Å². The zero-order valence-corrected chi connectivity index (χ0v) is 13.2. The number of aromatic nitrogens is 2. The Morgan fingerprint density at radius 3 is 2.62 bits per heavy atom. The number of fused-ring (bicyclic) bond motifs is 1. The van der Waals surface area contributed by atoms with E-state index in [1.54, 1.807) is 19.2 Å². The highest BCUT2D eigenvalue weighted by Crippen LogP contribution is 2.31. The van der Waals surface area contributed by atoms with Crippen molar-refractivity contribution in [2.45, 2.75) is 20.0 Å². The molecule has 3 rings (SSSR count). The fraction of sp³-hybridized carbons (Fsp3) is 0.188. The summed E-state index contributed by atoms with van der Waals surface area (Å²) >= 11 is 12.1. The van der Waals surface area contributed by atoms with Crippen molar-refractivity contribution in [1.29, 1.82) is 0 Å². The predicted molar refractivity (Wildman–Crippen MR) is 86.0 cm³/mol. The summed E-state index contributed by atoms with van der Waals surface area (Å²) in [6.07, 6.45) is 1.10. The highest BCUT2D eigenvalue weighted by atomic mass is 35.5. The van der Waals surface area contributed by atoms with Crippen LogP contribution in [0.2, 0.25) is 10.0 Å². The fourth-order valence-corrected chi connectivity index (χ4v) is 2.72. The molecule has 1 atom stereocenters. The zero-order valence-electron chi connectivity index (χ0n) is 11.6. The van der Waals surface area contributed by atoms with Crippen LogP contribution >= 0.6 is 23.2 Å². The lowest BCUT2D eigenvalue weighted by Gasteiger charge is -2.09. The number of benzene rings is 1. The molecule has 108 valence electrons. The average molecular weight is 321 g/mol. The van der Waals surface area contributed by atoms with E-state index >= 15 is 0 Å². The predicted octanol–water partition coefficient (Wildman–Crippen LogP) is 4.67. The van der Waals surface area contributed by atoms with Crippen LogP contribution in [0, 0.1) is 6.92 Å². The first-order valence-electron chi connectivity index (χ1n) is 6.59. The maximum absolute atomic E-state index is 10.1. The van der Waals surface area contributed by atoms with Crippen LogP contribution in [0.3, 0.4) is 0 Å². The highest BCUT2D eigenvalue weighted by Gasteiger charge is 2.18. The molecule has 0 amide bonds. The normalized spacial score (nSPS) is 12.8. The number of halogens is 2. The molecule has 3 aromatic rings. The summed E-state index contributed by atoms with van der Waals surface area (Å²) in [5, 5.41) is 11.4. The maximum Gasteiger partial charge on any atom is 0.137 e. The number of rotatable bonds is 2. The second-order valence-electron chi connectivity index (χ2n) is 5.06. The Bertz CT molecular complexity index is 825. The van der Waals surface area contributed by atoms with Crippen LogP contribution in [0.15, 0.2) is 36.5 Å². The molecule has 0 fully saturated rings. The SMILES string of the molecule is Cc1cc(-c2nc3ccc(Cl)cn3c2C(C)O)ccc1Cl. The third-order valence-corrected chi connectivity index (χ3v) is 4.09. The molecule has 2 aromatic heterocycles. The Kier molecular flexibility index (Phi) is 3.66. The molecule has 0 aliphatic heterocycles. The molecule has 21 heavy (non-hydrogen) atoms. The number of aliphatic hydroxyl groups excluding tert-OH is 1. The van der Waals surface area contributed by atoms with E-state index in [0.717, 1.165) is 22.5 Å². The molecular formula is C16H14Cl2N2O. The molecular weight excluding hydrogens is 307 g/mol. The second kappa shape index (κ2) is 5.34. The van der Waals surface area contributed by atoms with E-state index in [-0.39, 0.29) is 0 Å². The van der Waals surface area contributed by atoms with Gasteiger partial charge >= 0.3 is 0 Å². The first-order chi connectivity index (χ1) is 9.97. The lowest BCUT2D eigenvalue weighted by molar-refractivity contribution is 0.194. The molecule has 0 aliphatic rings. The molecule has 0 saturated heterocycles. The van der Waals surface area contributed by atoms with E-state index in [1.807, 2.05) is 35.6 Å². The van der Waals surface area contributed by atoms with Crippen molar-refractivity contribution in [3.63, 3.8) is 0 Å². The van der Waals surface area contributed by atoms with E-state index in [1.165, 1.54) is 0 Å². The van der Waals surface area contributed by atoms with Crippen LogP contribution in [0.5, 0.6) is 0 Å². The van der Waals surface area contributed by atoms with Crippen LogP contribution in [-0.4, -0.2) is 14.5 Å². The van der Waals surface area contributed by atoms with Gasteiger partial charge in [0.15, 0.2) is 0 Å². The molecule has 1 unspecified atom stereocenters. The summed E-state index contributed by atoms with van der Waals surface area (Å²) in [5.41, 5.74) is 4.10. The summed E-state index contributed by atoms with van der Waals surface area (Å²) in [6, 6.07) is 9.34. The van der Waals surface area contributed by atoms with Gasteiger partial charge in [0, 0.05) is 16.8 Å². The van der Waals surface area contributed by atoms with Gasteiger partial charge < -0.3 is 5.11 Å². The minimum Gasteiger partial charge on any atom is -0.387 e. The molecule has 5 heteroatoms. The van der Waals surface area contributed by atoms with Crippen molar-refractivity contribution in [1.82, 2.24) is 9.38 Å². The standard InChI is InChI=1S/C16H14Cl2N2O/c1-9-7-11(3-5-13(9)18)15-16(10(2)21)20-8-12(17)4-6-14(20)19-15/h3-8,10,21H,1-2H3. The summed E-state index contributed by atoms with van der Waals surface area (Å²) < 4.78 is 1.83. The summed E-state index contributed by atoms with van der Waals surface area (Å²) in [4.78, 5) is 4.62. The number of nitrogens with zero attached hydrogens (tertiary/aromatic N) is 2. The monoisotopic (exact) mass is 320 g/mol. The third kappa shape index (κ3) is 2.53. The van der Waals surface area contributed by atoms with Crippen LogP contribution in [0.25, 0.3) is 16.9 Å². The second-order valence-corrected chi connectivity index (χ2v) is 5.90. The average Bonchev–Trinajstić information content (AvgIpc) is 2.80. The molecule has 0 bridgehead atoms. The van der Waals surface area contributed by atoms with Crippen molar-refractivity contribution in [3.05, 3.63) is 57.8 Å². The van der Waals surface area contributed by atoms with Gasteiger partial charge in [-0.25, -0.2) is 4.98 Å². The number of hydrogen-bond acceptors (Lipinski definition) is 2. The van der Waals surface area contributed by atoms with E-state index in [9.17, 15) is 5.11 Å². The quantitative estimate of drug-likeness (QED) is 0.745. The maximum atomic E-state index is 10.1. The lowest BCUT2D eigenvalue weighted by Crippen LogP contribution is -1.99. The van der Waals surface area contributed by atoms with Gasteiger partial charge in [-0.2, -0.15) is 0 Å². The topological polar surface area (TPSA) is 37.5 Å². The van der Waals surface area contributed by atoms with Gasteiger partial charge in [-0.3, -0.25) is 4.40 Å².